The summed E-state index contributed by atoms with van der Waals surface area (Å²) in [5.41, 5.74) is 0. The second-order valence-corrected chi connectivity index (χ2v) is 7.50. The zero-order valence-electron chi connectivity index (χ0n) is 16.7. The highest BCUT2D eigenvalue weighted by molar-refractivity contribution is 4.81. The number of allylic oxidation sites excluding steroid dienone is 2. The van der Waals surface area contributed by atoms with Gasteiger partial charge in [0.2, 0.25) is 0 Å². The Bertz CT molecular complexity index is 301. The van der Waals surface area contributed by atoms with Crippen LogP contribution in [0.1, 0.15) is 89.9 Å². The van der Waals surface area contributed by atoms with Crippen LogP contribution in [0.3, 0.4) is 0 Å². The van der Waals surface area contributed by atoms with Crippen molar-refractivity contribution in [2.75, 3.05) is 26.4 Å². The standard InChI is InChI=1S/C22H40O4/c1(3-5-7-11-17-23-21-15-9-13-19-25-21)2-4-6-8-12-18-24-22-16-10-14-20-26-22/h1-2,21-22H,3-20H2/b2-1+. The molecule has 2 rings (SSSR count). The molecule has 4 heteroatoms. The molecule has 0 aliphatic carbocycles. The second kappa shape index (κ2) is 15.6. The molecule has 2 heterocycles. The summed E-state index contributed by atoms with van der Waals surface area (Å²) >= 11 is 0. The molecule has 26 heavy (non-hydrogen) atoms. The molecule has 2 unspecified atom stereocenters. The van der Waals surface area contributed by atoms with E-state index in [9.17, 15) is 0 Å². The fourth-order valence-electron chi connectivity index (χ4n) is 3.43. The van der Waals surface area contributed by atoms with Crippen LogP contribution in [0, 0.1) is 0 Å². The van der Waals surface area contributed by atoms with E-state index in [1.165, 1.54) is 64.2 Å². The summed E-state index contributed by atoms with van der Waals surface area (Å²) in [6, 6.07) is 0. The Morgan fingerprint density at radius 2 is 1.12 bits per heavy atom. The third-order valence-electron chi connectivity index (χ3n) is 5.08. The smallest absolute Gasteiger partial charge is 0.157 e. The lowest BCUT2D eigenvalue weighted by molar-refractivity contribution is -0.163. The molecule has 0 amide bonds. The molecule has 4 nitrogen and oxygen atoms in total. The molecule has 152 valence electrons. The SMILES string of the molecule is C(=C\CCCCCOC1CCCCO1)/CCCCCOC1CCCCO1. The Kier molecular flexibility index (Phi) is 13.1. The summed E-state index contributed by atoms with van der Waals surface area (Å²) in [5, 5.41) is 0. The van der Waals surface area contributed by atoms with E-state index < -0.39 is 0 Å². The summed E-state index contributed by atoms with van der Waals surface area (Å²) in [7, 11) is 0. The van der Waals surface area contributed by atoms with Crippen molar-refractivity contribution >= 4 is 0 Å². The zero-order chi connectivity index (χ0) is 18.1. The Balaban J connectivity index is 1.26. The van der Waals surface area contributed by atoms with Gasteiger partial charge in [-0.15, -0.1) is 0 Å². The molecule has 2 fully saturated rings. The number of rotatable bonds is 14. The Morgan fingerprint density at radius 1 is 0.615 bits per heavy atom. The van der Waals surface area contributed by atoms with Crippen LogP contribution in [0.15, 0.2) is 12.2 Å². The largest absolute Gasteiger partial charge is 0.353 e. The number of hydrogen-bond acceptors (Lipinski definition) is 4. The van der Waals surface area contributed by atoms with Gasteiger partial charge in [-0.1, -0.05) is 25.0 Å². The van der Waals surface area contributed by atoms with Crippen LogP contribution in [0.25, 0.3) is 0 Å². The maximum atomic E-state index is 5.76. The molecule has 2 aliphatic rings. The molecule has 2 saturated heterocycles. The molecule has 2 aliphatic heterocycles. The molecule has 0 bridgehead atoms. The van der Waals surface area contributed by atoms with E-state index in [2.05, 4.69) is 12.2 Å². The van der Waals surface area contributed by atoms with E-state index >= 15 is 0 Å². The molecule has 0 radical (unpaired) electrons. The summed E-state index contributed by atoms with van der Waals surface area (Å²) in [5.74, 6) is 0. The maximum Gasteiger partial charge on any atom is 0.157 e. The average Bonchev–Trinajstić information content (AvgIpc) is 2.70. The fraction of sp³-hybridized carbons (Fsp3) is 0.909. The molecular weight excluding hydrogens is 328 g/mol. The van der Waals surface area contributed by atoms with Gasteiger partial charge in [0.1, 0.15) is 0 Å². The average molecular weight is 369 g/mol. The van der Waals surface area contributed by atoms with Gasteiger partial charge in [-0.25, -0.2) is 0 Å². The first-order valence-corrected chi connectivity index (χ1v) is 11.1. The van der Waals surface area contributed by atoms with Crippen molar-refractivity contribution in [1.82, 2.24) is 0 Å². The van der Waals surface area contributed by atoms with Crippen molar-refractivity contribution < 1.29 is 18.9 Å². The third-order valence-corrected chi connectivity index (χ3v) is 5.08. The van der Waals surface area contributed by atoms with Crippen LogP contribution in [0.5, 0.6) is 0 Å². The first-order valence-electron chi connectivity index (χ1n) is 11.1. The number of unbranched alkanes of at least 4 members (excludes halogenated alkanes) is 6. The Labute approximate surface area is 160 Å². The van der Waals surface area contributed by atoms with Gasteiger partial charge in [0, 0.05) is 26.4 Å². The van der Waals surface area contributed by atoms with Crippen LogP contribution in [0.4, 0.5) is 0 Å². The van der Waals surface area contributed by atoms with E-state index in [1.54, 1.807) is 0 Å². The minimum atomic E-state index is 0.0734. The van der Waals surface area contributed by atoms with Gasteiger partial charge >= 0.3 is 0 Å². The van der Waals surface area contributed by atoms with E-state index in [4.69, 9.17) is 18.9 Å². The van der Waals surface area contributed by atoms with Gasteiger partial charge < -0.3 is 18.9 Å². The van der Waals surface area contributed by atoms with Crippen molar-refractivity contribution in [3.05, 3.63) is 12.2 Å². The maximum absolute atomic E-state index is 5.76. The highest BCUT2D eigenvalue weighted by atomic mass is 16.7. The third kappa shape index (κ3) is 11.3. The Hall–Kier alpha value is -0.420. The summed E-state index contributed by atoms with van der Waals surface area (Å²) in [6.07, 6.45) is 21.6. The minimum Gasteiger partial charge on any atom is -0.353 e. The van der Waals surface area contributed by atoms with Gasteiger partial charge in [0.15, 0.2) is 12.6 Å². The lowest BCUT2D eigenvalue weighted by atomic mass is 10.1. The van der Waals surface area contributed by atoms with Crippen LogP contribution in [0.2, 0.25) is 0 Å². The first-order chi connectivity index (χ1) is 12.9. The fourth-order valence-corrected chi connectivity index (χ4v) is 3.43. The summed E-state index contributed by atoms with van der Waals surface area (Å²) in [4.78, 5) is 0. The van der Waals surface area contributed by atoms with Crippen molar-refractivity contribution in [2.45, 2.75) is 102 Å². The van der Waals surface area contributed by atoms with Crippen LogP contribution in [-0.4, -0.2) is 39.0 Å². The van der Waals surface area contributed by atoms with Crippen LogP contribution in [-0.2, 0) is 18.9 Å². The van der Waals surface area contributed by atoms with E-state index in [0.717, 1.165) is 52.1 Å². The summed E-state index contributed by atoms with van der Waals surface area (Å²) in [6.45, 7) is 3.44. The van der Waals surface area contributed by atoms with Crippen LogP contribution < -0.4 is 0 Å². The van der Waals surface area contributed by atoms with Gasteiger partial charge in [-0.3, -0.25) is 0 Å². The van der Waals surface area contributed by atoms with Gasteiger partial charge in [0.05, 0.1) is 0 Å². The van der Waals surface area contributed by atoms with Gasteiger partial charge in [0.25, 0.3) is 0 Å². The summed E-state index contributed by atoms with van der Waals surface area (Å²) < 4.78 is 22.6. The number of ether oxygens (including phenoxy) is 4. The quantitative estimate of drug-likeness (QED) is 0.289. The topological polar surface area (TPSA) is 36.9 Å². The lowest BCUT2D eigenvalue weighted by Gasteiger charge is -2.22. The predicted octanol–water partition coefficient (Wildman–Crippen LogP) is 5.75. The molecule has 2 atom stereocenters. The molecule has 0 aromatic rings. The molecule has 0 aromatic heterocycles. The normalized spacial score (nSPS) is 24.3. The van der Waals surface area contributed by atoms with Gasteiger partial charge in [-0.05, 0) is 77.0 Å². The van der Waals surface area contributed by atoms with E-state index in [-0.39, 0.29) is 12.6 Å². The number of hydrogen-bond donors (Lipinski definition) is 0. The molecule has 0 saturated carbocycles. The van der Waals surface area contributed by atoms with Crippen molar-refractivity contribution in [3.63, 3.8) is 0 Å². The van der Waals surface area contributed by atoms with E-state index in [1.807, 2.05) is 0 Å². The molecule has 0 N–H and O–H groups in total. The minimum absolute atomic E-state index is 0.0734. The second-order valence-electron chi connectivity index (χ2n) is 7.50. The molecule has 0 spiro atoms. The lowest BCUT2D eigenvalue weighted by Crippen LogP contribution is -2.22. The van der Waals surface area contributed by atoms with Gasteiger partial charge in [-0.2, -0.15) is 0 Å². The monoisotopic (exact) mass is 368 g/mol. The molecule has 0 aromatic carbocycles. The van der Waals surface area contributed by atoms with Crippen molar-refractivity contribution in [3.8, 4) is 0 Å². The zero-order valence-corrected chi connectivity index (χ0v) is 16.7. The highest BCUT2D eigenvalue weighted by Gasteiger charge is 2.13. The first kappa shape index (κ1) is 21.9. The predicted molar refractivity (Wildman–Crippen MR) is 105 cm³/mol. The van der Waals surface area contributed by atoms with E-state index in [0.29, 0.717) is 0 Å². The molecular formula is C22H40O4. The van der Waals surface area contributed by atoms with Crippen LogP contribution >= 0.6 is 0 Å². The van der Waals surface area contributed by atoms with Crippen molar-refractivity contribution in [2.24, 2.45) is 0 Å². The Morgan fingerprint density at radius 3 is 1.54 bits per heavy atom. The highest BCUT2D eigenvalue weighted by Crippen LogP contribution is 2.15. The van der Waals surface area contributed by atoms with Crippen molar-refractivity contribution in [1.29, 1.82) is 0 Å².